The summed E-state index contributed by atoms with van der Waals surface area (Å²) >= 11 is 0. The Balaban J connectivity index is 1.97. The van der Waals surface area contributed by atoms with Crippen molar-refractivity contribution in [1.82, 2.24) is 9.97 Å². The molecule has 24 heavy (non-hydrogen) atoms. The van der Waals surface area contributed by atoms with Crippen molar-refractivity contribution in [2.75, 3.05) is 4.72 Å². The van der Waals surface area contributed by atoms with Gasteiger partial charge < -0.3 is 0 Å². The van der Waals surface area contributed by atoms with E-state index in [9.17, 15) is 17.6 Å². The van der Waals surface area contributed by atoms with E-state index in [0.29, 0.717) is 11.3 Å². The predicted molar refractivity (Wildman–Crippen MR) is 87.5 cm³/mol. The number of hydrogen-bond donors (Lipinski definition) is 2. The first-order chi connectivity index (χ1) is 11.4. The Morgan fingerprint density at radius 1 is 1.00 bits per heavy atom. The van der Waals surface area contributed by atoms with E-state index in [-0.39, 0.29) is 10.8 Å². The van der Waals surface area contributed by atoms with Crippen LogP contribution in [0, 0.1) is 5.82 Å². The summed E-state index contributed by atoms with van der Waals surface area (Å²) in [6.45, 7) is 0. The van der Waals surface area contributed by atoms with Crippen LogP contribution in [0.15, 0.2) is 70.4 Å². The molecule has 0 aliphatic carbocycles. The number of anilines is 1. The van der Waals surface area contributed by atoms with E-state index in [1.54, 1.807) is 24.3 Å². The van der Waals surface area contributed by atoms with Crippen LogP contribution in [0.1, 0.15) is 0 Å². The number of aromatic nitrogens is 2. The maximum Gasteiger partial charge on any atom is 0.264 e. The van der Waals surface area contributed by atoms with E-state index in [4.69, 9.17) is 0 Å². The largest absolute Gasteiger partial charge is 0.292 e. The quantitative estimate of drug-likeness (QED) is 0.759. The predicted octanol–water partition coefficient (Wildman–Crippen LogP) is 2.38. The maximum absolute atomic E-state index is 12.9. The van der Waals surface area contributed by atoms with Gasteiger partial charge >= 0.3 is 0 Å². The van der Waals surface area contributed by atoms with Crippen molar-refractivity contribution in [3.8, 4) is 11.3 Å². The lowest BCUT2D eigenvalue weighted by molar-refractivity contribution is 0.599. The van der Waals surface area contributed by atoms with Crippen LogP contribution in [0.5, 0.6) is 0 Å². The zero-order valence-electron chi connectivity index (χ0n) is 12.2. The van der Waals surface area contributed by atoms with E-state index >= 15 is 0 Å². The Morgan fingerprint density at radius 3 is 2.33 bits per heavy atom. The van der Waals surface area contributed by atoms with Gasteiger partial charge in [0.05, 0.1) is 10.6 Å². The van der Waals surface area contributed by atoms with E-state index in [1.165, 1.54) is 6.07 Å². The summed E-state index contributed by atoms with van der Waals surface area (Å²) in [4.78, 5) is 18.1. The normalized spacial score (nSPS) is 11.2. The second-order valence-electron chi connectivity index (χ2n) is 4.90. The van der Waals surface area contributed by atoms with Crippen LogP contribution in [0.2, 0.25) is 0 Å². The Hall–Kier alpha value is -3.00. The number of hydrogen-bond acceptors (Lipinski definition) is 4. The van der Waals surface area contributed by atoms with E-state index in [0.717, 1.165) is 24.3 Å². The van der Waals surface area contributed by atoms with Gasteiger partial charge in [-0.05, 0) is 24.3 Å². The van der Waals surface area contributed by atoms with Gasteiger partial charge in [-0.15, -0.1) is 0 Å². The zero-order valence-corrected chi connectivity index (χ0v) is 13.0. The van der Waals surface area contributed by atoms with Gasteiger partial charge in [-0.25, -0.2) is 22.5 Å². The SMILES string of the molecule is O=c1cc(-c2ccccc2)nc(NS(=O)(=O)c2ccc(F)cc2)[nH]1. The fourth-order valence-corrected chi connectivity index (χ4v) is 3.03. The third-order valence-electron chi connectivity index (χ3n) is 3.17. The first-order valence-electron chi connectivity index (χ1n) is 6.89. The fraction of sp³-hybridized carbons (Fsp3) is 0. The van der Waals surface area contributed by atoms with Crippen molar-refractivity contribution >= 4 is 16.0 Å². The summed E-state index contributed by atoms with van der Waals surface area (Å²) in [5.41, 5.74) is 0.502. The smallest absolute Gasteiger partial charge is 0.264 e. The third-order valence-corrected chi connectivity index (χ3v) is 4.52. The Bertz CT molecular complexity index is 1020. The van der Waals surface area contributed by atoms with Gasteiger partial charge in [0.15, 0.2) is 0 Å². The monoisotopic (exact) mass is 345 g/mol. The first kappa shape index (κ1) is 15.9. The molecular weight excluding hydrogens is 333 g/mol. The van der Waals surface area contributed by atoms with Crippen molar-refractivity contribution in [3.63, 3.8) is 0 Å². The molecule has 122 valence electrons. The number of nitrogens with one attached hydrogen (secondary N) is 2. The molecule has 0 aliphatic rings. The number of nitrogens with zero attached hydrogens (tertiary/aromatic N) is 1. The van der Waals surface area contributed by atoms with Gasteiger partial charge in [-0.3, -0.25) is 9.78 Å². The van der Waals surface area contributed by atoms with E-state index in [2.05, 4.69) is 14.7 Å². The molecule has 0 bridgehead atoms. The van der Waals surface area contributed by atoms with Crippen LogP contribution in [0.3, 0.4) is 0 Å². The van der Waals surface area contributed by atoms with Crippen LogP contribution in [0.4, 0.5) is 10.3 Å². The van der Waals surface area contributed by atoms with E-state index < -0.39 is 21.4 Å². The minimum absolute atomic E-state index is 0.142. The molecule has 0 radical (unpaired) electrons. The van der Waals surface area contributed by atoms with Gasteiger partial charge in [0, 0.05) is 11.6 Å². The molecule has 0 unspecified atom stereocenters. The van der Waals surface area contributed by atoms with Crippen LogP contribution < -0.4 is 10.3 Å². The highest BCUT2D eigenvalue weighted by atomic mass is 32.2. The average Bonchev–Trinajstić information content (AvgIpc) is 2.55. The number of H-pyrrole nitrogens is 1. The molecule has 0 saturated heterocycles. The molecule has 0 spiro atoms. The molecule has 2 aromatic carbocycles. The van der Waals surface area contributed by atoms with Gasteiger partial charge in [-0.2, -0.15) is 0 Å². The molecule has 0 aliphatic heterocycles. The highest BCUT2D eigenvalue weighted by Gasteiger charge is 2.16. The lowest BCUT2D eigenvalue weighted by Gasteiger charge is -2.08. The summed E-state index contributed by atoms with van der Waals surface area (Å²) in [7, 11) is -4.00. The molecule has 8 heteroatoms. The summed E-state index contributed by atoms with van der Waals surface area (Å²) in [5.74, 6) is -0.766. The number of rotatable bonds is 4. The molecule has 6 nitrogen and oxygen atoms in total. The van der Waals surface area contributed by atoms with Gasteiger partial charge in [0.25, 0.3) is 15.6 Å². The van der Waals surface area contributed by atoms with Crippen LogP contribution in [0.25, 0.3) is 11.3 Å². The Kier molecular flexibility index (Phi) is 4.13. The third kappa shape index (κ3) is 3.49. The lowest BCUT2D eigenvalue weighted by atomic mass is 10.1. The van der Waals surface area contributed by atoms with Crippen molar-refractivity contribution < 1.29 is 12.8 Å². The minimum atomic E-state index is -4.00. The molecule has 3 aromatic rings. The topological polar surface area (TPSA) is 91.9 Å². The Morgan fingerprint density at radius 2 is 1.67 bits per heavy atom. The van der Waals surface area contributed by atoms with Crippen LogP contribution >= 0.6 is 0 Å². The fourth-order valence-electron chi connectivity index (χ4n) is 2.06. The second kappa shape index (κ2) is 6.25. The zero-order chi connectivity index (χ0) is 17.2. The van der Waals surface area contributed by atoms with Gasteiger partial charge in [0.1, 0.15) is 5.82 Å². The van der Waals surface area contributed by atoms with E-state index in [1.807, 2.05) is 6.07 Å². The molecule has 3 rings (SSSR count). The van der Waals surface area contributed by atoms with Crippen molar-refractivity contribution in [2.24, 2.45) is 0 Å². The van der Waals surface area contributed by atoms with Gasteiger partial charge in [-0.1, -0.05) is 30.3 Å². The standard InChI is InChI=1S/C16H12FN3O3S/c17-12-6-8-13(9-7-12)24(22,23)20-16-18-14(10-15(21)19-16)11-4-2-1-3-5-11/h1-10H,(H2,18,19,20,21). The van der Waals surface area contributed by atoms with Crippen molar-refractivity contribution in [3.05, 3.63) is 76.8 Å². The molecule has 0 saturated carbocycles. The number of halogens is 1. The van der Waals surface area contributed by atoms with Crippen LogP contribution in [-0.4, -0.2) is 18.4 Å². The molecule has 1 aromatic heterocycles. The number of aromatic amines is 1. The summed E-state index contributed by atoms with van der Waals surface area (Å²) in [5, 5.41) is 0. The molecular formula is C16H12FN3O3S. The highest BCUT2D eigenvalue weighted by Crippen LogP contribution is 2.17. The number of benzene rings is 2. The second-order valence-corrected chi connectivity index (χ2v) is 6.59. The Labute approximate surface area is 137 Å². The van der Waals surface area contributed by atoms with Crippen molar-refractivity contribution in [2.45, 2.75) is 4.90 Å². The maximum atomic E-state index is 12.9. The summed E-state index contributed by atoms with van der Waals surface area (Å²) in [6, 6.07) is 14.4. The molecule has 0 fully saturated rings. The van der Waals surface area contributed by atoms with Crippen molar-refractivity contribution in [1.29, 1.82) is 0 Å². The lowest BCUT2D eigenvalue weighted by Crippen LogP contribution is -2.18. The molecule has 0 atom stereocenters. The molecule has 2 N–H and O–H groups in total. The minimum Gasteiger partial charge on any atom is -0.292 e. The van der Waals surface area contributed by atoms with Crippen LogP contribution in [-0.2, 0) is 10.0 Å². The number of sulfonamides is 1. The van der Waals surface area contributed by atoms with Gasteiger partial charge in [0.2, 0.25) is 5.95 Å². The molecule has 0 amide bonds. The summed E-state index contributed by atoms with van der Waals surface area (Å²) in [6.07, 6.45) is 0. The molecule has 1 heterocycles. The summed E-state index contributed by atoms with van der Waals surface area (Å²) < 4.78 is 39.7. The highest BCUT2D eigenvalue weighted by molar-refractivity contribution is 7.92. The average molecular weight is 345 g/mol. The first-order valence-corrected chi connectivity index (χ1v) is 8.37.